The van der Waals surface area contributed by atoms with Crippen molar-refractivity contribution in [2.75, 3.05) is 0 Å². The minimum Gasteiger partial charge on any atom is -0.348 e. The number of aromatic nitrogens is 2. The van der Waals surface area contributed by atoms with Crippen LogP contribution in [0.1, 0.15) is 41.7 Å². The van der Waals surface area contributed by atoms with Gasteiger partial charge in [-0.15, -0.1) is 0 Å². The number of carbonyl (C=O) groups excluding carboxylic acids is 1. The van der Waals surface area contributed by atoms with Gasteiger partial charge in [0, 0.05) is 11.1 Å². The molecule has 1 fully saturated rings. The zero-order valence-electron chi connectivity index (χ0n) is 14.1. The molecule has 1 aromatic carbocycles. The Morgan fingerprint density at radius 2 is 1.96 bits per heavy atom. The second-order valence-corrected chi connectivity index (χ2v) is 7.31. The van der Waals surface area contributed by atoms with Crippen molar-refractivity contribution in [3.63, 3.8) is 0 Å². The fraction of sp³-hybridized carbons (Fsp3) is 0.368. The monoisotopic (exact) mass is 388 g/mol. The summed E-state index contributed by atoms with van der Waals surface area (Å²) in [5.74, 6) is 0.354. The van der Waals surface area contributed by atoms with Gasteiger partial charge in [-0.3, -0.25) is 4.79 Å². The maximum atomic E-state index is 12.2. The Kier molecular flexibility index (Phi) is 6.08. The van der Waals surface area contributed by atoms with Crippen LogP contribution in [0.25, 0.3) is 4.85 Å². The highest BCUT2D eigenvalue weighted by Crippen LogP contribution is 2.31. The summed E-state index contributed by atoms with van der Waals surface area (Å²) in [6.45, 7) is 7.05. The largest absolute Gasteiger partial charge is 0.348 e. The van der Waals surface area contributed by atoms with Crippen LogP contribution in [0.15, 0.2) is 30.6 Å². The Hall–Kier alpha value is -2.16. The van der Waals surface area contributed by atoms with Crippen LogP contribution in [-0.2, 0) is 6.42 Å². The first-order chi connectivity index (χ1) is 12.5. The Balaban J connectivity index is 1.49. The third kappa shape index (κ3) is 4.72. The van der Waals surface area contributed by atoms with E-state index in [1.807, 2.05) is 12.1 Å². The van der Waals surface area contributed by atoms with Gasteiger partial charge in [0.1, 0.15) is 10.8 Å². The first kappa shape index (κ1) is 18.6. The van der Waals surface area contributed by atoms with Crippen molar-refractivity contribution < 1.29 is 4.79 Å². The molecule has 1 N–H and O–H groups in total. The molecule has 0 unspecified atom stereocenters. The van der Waals surface area contributed by atoms with Gasteiger partial charge in [-0.25, -0.2) is 14.8 Å². The number of rotatable bonds is 4. The number of hydrogen-bond donors (Lipinski definition) is 1. The third-order valence-corrected chi connectivity index (χ3v) is 5.19. The van der Waals surface area contributed by atoms with E-state index in [4.69, 9.17) is 29.8 Å². The fourth-order valence-electron chi connectivity index (χ4n) is 3.30. The number of hydrogen-bond acceptors (Lipinski definition) is 3. The minimum absolute atomic E-state index is 0.157. The van der Waals surface area contributed by atoms with Crippen molar-refractivity contribution in [3.05, 3.63) is 63.4 Å². The maximum Gasteiger partial charge on any atom is 0.271 e. The van der Waals surface area contributed by atoms with Gasteiger partial charge in [0.05, 0.1) is 19.0 Å². The van der Waals surface area contributed by atoms with E-state index in [9.17, 15) is 4.79 Å². The molecular formula is C19H18Cl2N4O. The summed E-state index contributed by atoms with van der Waals surface area (Å²) < 4.78 is 0. The summed E-state index contributed by atoms with van der Waals surface area (Å²) in [5.41, 5.74) is 1.93. The van der Waals surface area contributed by atoms with Gasteiger partial charge < -0.3 is 5.32 Å². The molecule has 1 aliphatic carbocycles. The van der Waals surface area contributed by atoms with Crippen LogP contribution < -0.4 is 5.32 Å². The average Bonchev–Trinajstić information content (AvgIpc) is 2.64. The van der Waals surface area contributed by atoms with E-state index >= 15 is 0 Å². The van der Waals surface area contributed by atoms with Crippen LogP contribution in [0.3, 0.4) is 0 Å². The van der Waals surface area contributed by atoms with E-state index in [-0.39, 0.29) is 22.8 Å². The molecule has 0 radical (unpaired) electrons. The van der Waals surface area contributed by atoms with Crippen LogP contribution in [0, 0.1) is 12.5 Å². The van der Waals surface area contributed by atoms with E-state index in [2.05, 4.69) is 20.1 Å². The van der Waals surface area contributed by atoms with Crippen molar-refractivity contribution in [1.29, 1.82) is 0 Å². The van der Waals surface area contributed by atoms with E-state index in [0.717, 1.165) is 37.7 Å². The molecule has 0 atom stereocenters. The summed E-state index contributed by atoms with van der Waals surface area (Å²) in [7, 11) is 0. The molecule has 7 heteroatoms. The van der Waals surface area contributed by atoms with Crippen LogP contribution in [0.4, 0.5) is 5.69 Å². The van der Waals surface area contributed by atoms with Crippen LogP contribution in [-0.4, -0.2) is 21.9 Å². The van der Waals surface area contributed by atoms with E-state index < -0.39 is 0 Å². The van der Waals surface area contributed by atoms with Crippen molar-refractivity contribution in [2.24, 2.45) is 5.92 Å². The smallest absolute Gasteiger partial charge is 0.271 e. The van der Waals surface area contributed by atoms with Crippen molar-refractivity contribution >= 4 is 34.8 Å². The van der Waals surface area contributed by atoms with Crippen molar-refractivity contribution in [2.45, 2.75) is 38.1 Å². The SMILES string of the molecule is [C-]#[N+]c1ccc(CC2CCC(NC(=O)c3cnc(Cl)cn3)CC2)cc1Cl. The average molecular weight is 389 g/mol. The summed E-state index contributed by atoms with van der Waals surface area (Å²) >= 11 is 11.8. The molecular weight excluding hydrogens is 371 g/mol. The van der Waals surface area contributed by atoms with Crippen LogP contribution in [0.2, 0.25) is 10.2 Å². The third-order valence-electron chi connectivity index (χ3n) is 4.69. The first-order valence-electron chi connectivity index (χ1n) is 8.49. The molecule has 1 saturated carbocycles. The predicted molar refractivity (Wildman–Crippen MR) is 102 cm³/mol. The number of nitrogens with zero attached hydrogens (tertiary/aromatic N) is 3. The molecule has 1 amide bonds. The van der Waals surface area contributed by atoms with Crippen LogP contribution >= 0.6 is 23.2 Å². The highest BCUT2D eigenvalue weighted by molar-refractivity contribution is 6.33. The highest BCUT2D eigenvalue weighted by Gasteiger charge is 2.23. The van der Waals surface area contributed by atoms with Gasteiger partial charge in [0.2, 0.25) is 5.69 Å². The van der Waals surface area contributed by atoms with Gasteiger partial charge in [-0.2, -0.15) is 0 Å². The highest BCUT2D eigenvalue weighted by atomic mass is 35.5. The molecule has 1 heterocycles. The molecule has 0 bridgehead atoms. The molecule has 0 spiro atoms. The normalized spacial score (nSPS) is 19.6. The zero-order chi connectivity index (χ0) is 18.5. The van der Waals surface area contributed by atoms with Crippen molar-refractivity contribution in [3.8, 4) is 0 Å². The summed E-state index contributed by atoms with van der Waals surface area (Å²) in [5, 5.41) is 3.81. The fourth-order valence-corrected chi connectivity index (χ4v) is 3.64. The Morgan fingerprint density at radius 1 is 1.19 bits per heavy atom. The van der Waals surface area contributed by atoms with E-state index in [1.165, 1.54) is 12.4 Å². The summed E-state index contributed by atoms with van der Waals surface area (Å²) in [4.78, 5) is 23.5. The molecule has 2 aromatic rings. The maximum absolute atomic E-state index is 12.2. The van der Waals surface area contributed by atoms with E-state index in [0.29, 0.717) is 16.6 Å². The minimum atomic E-state index is -0.209. The molecule has 0 aliphatic heterocycles. The second-order valence-electron chi connectivity index (χ2n) is 6.52. The number of benzene rings is 1. The summed E-state index contributed by atoms with van der Waals surface area (Å²) in [6.07, 6.45) is 7.66. The Labute approximate surface area is 162 Å². The lowest BCUT2D eigenvalue weighted by molar-refractivity contribution is 0.0916. The molecule has 26 heavy (non-hydrogen) atoms. The van der Waals surface area contributed by atoms with E-state index in [1.54, 1.807) is 6.07 Å². The molecule has 3 rings (SSSR count). The number of halogens is 2. The van der Waals surface area contributed by atoms with Gasteiger partial charge in [-0.1, -0.05) is 41.4 Å². The molecule has 5 nitrogen and oxygen atoms in total. The topological polar surface area (TPSA) is 59.2 Å². The number of carbonyl (C=O) groups is 1. The molecule has 1 aromatic heterocycles. The first-order valence-corrected chi connectivity index (χ1v) is 9.25. The van der Waals surface area contributed by atoms with Gasteiger partial charge in [-0.05, 0) is 43.6 Å². The molecule has 134 valence electrons. The number of nitrogens with one attached hydrogen (secondary N) is 1. The van der Waals surface area contributed by atoms with Gasteiger partial charge in [0.25, 0.3) is 5.91 Å². The Morgan fingerprint density at radius 3 is 2.58 bits per heavy atom. The Bertz CT molecular complexity index is 824. The summed E-state index contributed by atoms with van der Waals surface area (Å²) in [6, 6.07) is 5.81. The van der Waals surface area contributed by atoms with Gasteiger partial charge >= 0.3 is 0 Å². The number of amides is 1. The molecule has 1 aliphatic rings. The van der Waals surface area contributed by atoms with Gasteiger partial charge in [0.15, 0.2) is 0 Å². The predicted octanol–water partition coefficient (Wildman–Crippen LogP) is 4.87. The second kappa shape index (κ2) is 8.48. The molecule has 0 saturated heterocycles. The lowest BCUT2D eigenvalue weighted by atomic mass is 9.82. The quantitative estimate of drug-likeness (QED) is 0.760. The lowest BCUT2D eigenvalue weighted by Gasteiger charge is -2.29. The zero-order valence-corrected chi connectivity index (χ0v) is 15.6. The van der Waals surface area contributed by atoms with Crippen LogP contribution in [0.5, 0.6) is 0 Å². The standard InChI is InChI=1S/C19H18Cl2N4O/c1-22-16-7-4-13(9-15(16)20)8-12-2-5-14(6-3-12)25-19(26)17-10-24-18(21)11-23-17/h4,7,9-12,14H,2-3,5-6,8H2,(H,25,26). The lowest BCUT2D eigenvalue weighted by Crippen LogP contribution is -2.38. The van der Waals surface area contributed by atoms with Crippen molar-refractivity contribution in [1.82, 2.24) is 15.3 Å².